The topological polar surface area (TPSA) is 66.8 Å². The van der Waals surface area contributed by atoms with Crippen LogP contribution in [0.25, 0.3) is 0 Å². The van der Waals surface area contributed by atoms with Crippen LogP contribution in [0.1, 0.15) is 40.0 Å². The molecule has 5 nitrogen and oxygen atoms in total. The molecule has 0 spiro atoms. The Kier molecular flexibility index (Phi) is 4.51. The quantitative estimate of drug-likeness (QED) is 0.764. The number of carboxylic acid groups (broad SMARTS) is 1. The molecule has 1 heterocycles. The summed E-state index contributed by atoms with van der Waals surface area (Å²) < 4.78 is 0. The van der Waals surface area contributed by atoms with Crippen molar-refractivity contribution in [3.05, 3.63) is 0 Å². The molecule has 1 rings (SSSR count). The zero-order chi connectivity index (χ0) is 13.1. The lowest BCUT2D eigenvalue weighted by molar-refractivity contribution is -0.205. The van der Waals surface area contributed by atoms with E-state index in [1.54, 1.807) is 25.8 Å². The van der Waals surface area contributed by atoms with Crippen LogP contribution in [0.3, 0.4) is 0 Å². The van der Waals surface area contributed by atoms with Crippen molar-refractivity contribution < 1.29 is 19.5 Å². The van der Waals surface area contributed by atoms with Crippen molar-refractivity contribution >= 4 is 11.9 Å². The lowest BCUT2D eigenvalue weighted by Gasteiger charge is -2.29. The number of hydrogen-bond donors (Lipinski definition) is 1. The van der Waals surface area contributed by atoms with Crippen LogP contribution in [0, 0.1) is 11.3 Å². The maximum absolute atomic E-state index is 11.9. The van der Waals surface area contributed by atoms with Crippen LogP contribution in [0.4, 0.5) is 0 Å². The summed E-state index contributed by atoms with van der Waals surface area (Å²) in [5.74, 6) is -2.91. The number of hydrogen-bond acceptors (Lipinski definition) is 4. The Morgan fingerprint density at radius 3 is 2.12 bits per heavy atom. The van der Waals surface area contributed by atoms with E-state index < -0.39 is 23.3 Å². The summed E-state index contributed by atoms with van der Waals surface area (Å²) in [5, 5.41) is 10.7. The van der Waals surface area contributed by atoms with Crippen LogP contribution >= 0.6 is 0 Å². The molecule has 98 valence electrons. The minimum atomic E-state index is -1.13. The SMILES string of the molecule is CC(C)(C)C(C(=O)O)C(=O)ON1CCCCC1. The number of carbonyl (C=O) groups excluding carboxylic acids is 1. The summed E-state index contributed by atoms with van der Waals surface area (Å²) in [6.07, 6.45) is 3.11. The lowest BCUT2D eigenvalue weighted by atomic mass is 9.81. The van der Waals surface area contributed by atoms with Gasteiger partial charge in [-0.1, -0.05) is 27.2 Å². The van der Waals surface area contributed by atoms with Gasteiger partial charge in [0.25, 0.3) is 0 Å². The van der Waals surface area contributed by atoms with E-state index in [2.05, 4.69) is 0 Å². The first-order valence-corrected chi connectivity index (χ1v) is 6.02. The third kappa shape index (κ3) is 4.00. The summed E-state index contributed by atoms with van der Waals surface area (Å²) >= 11 is 0. The molecule has 1 unspecified atom stereocenters. The first-order chi connectivity index (χ1) is 7.82. The third-order valence-electron chi connectivity index (χ3n) is 2.88. The predicted molar refractivity (Wildman–Crippen MR) is 62.1 cm³/mol. The van der Waals surface area contributed by atoms with Crippen molar-refractivity contribution in [2.75, 3.05) is 13.1 Å². The average Bonchev–Trinajstić information content (AvgIpc) is 2.15. The van der Waals surface area contributed by atoms with E-state index in [0.717, 1.165) is 19.3 Å². The highest BCUT2D eigenvalue weighted by atomic mass is 16.7. The molecule has 0 saturated carbocycles. The maximum Gasteiger partial charge on any atom is 0.339 e. The fourth-order valence-electron chi connectivity index (χ4n) is 1.96. The van der Waals surface area contributed by atoms with E-state index in [0.29, 0.717) is 13.1 Å². The molecular weight excluding hydrogens is 222 g/mol. The molecule has 0 aromatic carbocycles. The zero-order valence-electron chi connectivity index (χ0n) is 10.7. The van der Waals surface area contributed by atoms with E-state index >= 15 is 0 Å². The van der Waals surface area contributed by atoms with Gasteiger partial charge < -0.3 is 9.94 Å². The second-order valence-electron chi connectivity index (χ2n) is 5.54. The predicted octanol–water partition coefficient (Wildman–Crippen LogP) is 1.68. The van der Waals surface area contributed by atoms with Crippen molar-refractivity contribution in [3.8, 4) is 0 Å². The number of aliphatic carboxylic acids is 1. The standard InChI is InChI=1S/C12H21NO4/c1-12(2,3)9(10(14)15)11(16)17-13-7-5-4-6-8-13/h9H,4-8H2,1-3H3,(H,14,15). The highest BCUT2D eigenvalue weighted by Crippen LogP contribution is 2.28. The Balaban J connectivity index is 2.62. The molecule has 0 bridgehead atoms. The van der Waals surface area contributed by atoms with Gasteiger partial charge in [-0.3, -0.25) is 4.79 Å². The maximum atomic E-state index is 11.9. The number of carboxylic acids is 1. The lowest BCUT2D eigenvalue weighted by Crippen LogP contribution is -2.41. The fraction of sp³-hybridized carbons (Fsp3) is 0.833. The molecule has 1 atom stereocenters. The van der Waals surface area contributed by atoms with E-state index in [9.17, 15) is 9.59 Å². The summed E-state index contributed by atoms with van der Waals surface area (Å²) in [6.45, 7) is 6.57. The second kappa shape index (κ2) is 5.49. The van der Waals surface area contributed by atoms with Gasteiger partial charge in [-0.05, 0) is 18.3 Å². The molecular formula is C12H21NO4. The molecule has 1 saturated heterocycles. The number of piperidine rings is 1. The van der Waals surface area contributed by atoms with Gasteiger partial charge >= 0.3 is 11.9 Å². The molecule has 0 amide bonds. The second-order valence-corrected chi connectivity index (χ2v) is 5.54. The molecule has 1 aliphatic heterocycles. The fourth-order valence-corrected chi connectivity index (χ4v) is 1.96. The molecule has 0 radical (unpaired) electrons. The third-order valence-corrected chi connectivity index (χ3v) is 2.88. The Morgan fingerprint density at radius 1 is 1.18 bits per heavy atom. The van der Waals surface area contributed by atoms with Gasteiger partial charge in [-0.15, -0.1) is 5.06 Å². The van der Waals surface area contributed by atoms with Crippen molar-refractivity contribution in [1.29, 1.82) is 0 Å². The normalized spacial score (nSPS) is 19.7. The van der Waals surface area contributed by atoms with Crippen LogP contribution in [0.15, 0.2) is 0 Å². The summed E-state index contributed by atoms with van der Waals surface area (Å²) in [4.78, 5) is 28.1. The van der Waals surface area contributed by atoms with Crippen LogP contribution in [-0.2, 0) is 14.4 Å². The van der Waals surface area contributed by atoms with Gasteiger partial charge in [0.1, 0.15) is 0 Å². The van der Waals surface area contributed by atoms with Gasteiger partial charge in [0.05, 0.1) is 0 Å². The number of carbonyl (C=O) groups is 2. The molecule has 0 aromatic rings. The molecule has 17 heavy (non-hydrogen) atoms. The molecule has 1 fully saturated rings. The smallest absolute Gasteiger partial charge is 0.339 e. The van der Waals surface area contributed by atoms with E-state index in [1.807, 2.05) is 0 Å². The summed E-state index contributed by atoms with van der Waals surface area (Å²) in [6, 6.07) is 0. The molecule has 0 aromatic heterocycles. The van der Waals surface area contributed by atoms with Crippen LogP contribution < -0.4 is 0 Å². The van der Waals surface area contributed by atoms with Gasteiger partial charge in [-0.25, -0.2) is 4.79 Å². The summed E-state index contributed by atoms with van der Waals surface area (Å²) in [5.41, 5.74) is -0.640. The van der Waals surface area contributed by atoms with Crippen molar-refractivity contribution in [1.82, 2.24) is 5.06 Å². The van der Waals surface area contributed by atoms with Gasteiger partial charge in [-0.2, -0.15) is 0 Å². The first kappa shape index (κ1) is 14.0. The monoisotopic (exact) mass is 243 g/mol. The van der Waals surface area contributed by atoms with Crippen LogP contribution in [0.5, 0.6) is 0 Å². The molecule has 5 heteroatoms. The van der Waals surface area contributed by atoms with Crippen LogP contribution in [0.2, 0.25) is 0 Å². The molecule has 1 N–H and O–H groups in total. The minimum Gasteiger partial charge on any atom is -0.481 e. The molecule has 1 aliphatic rings. The first-order valence-electron chi connectivity index (χ1n) is 6.02. The number of nitrogens with zero attached hydrogens (tertiary/aromatic N) is 1. The van der Waals surface area contributed by atoms with Crippen molar-refractivity contribution in [2.24, 2.45) is 11.3 Å². The Morgan fingerprint density at radius 2 is 1.71 bits per heavy atom. The number of rotatable bonds is 3. The molecule has 0 aliphatic carbocycles. The van der Waals surface area contributed by atoms with Gasteiger partial charge in [0, 0.05) is 13.1 Å². The van der Waals surface area contributed by atoms with Crippen molar-refractivity contribution in [3.63, 3.8) is 0 Å². The van der Waals surface area contributed by atoms with E-state index in [1.165, 1.54) is 0 Å². The van der Waals surface area contributed by atoms with Gasteiger partial charge in [0.15, 0.2) is 5.92 Å². The Bertz CT molecular complexity index is 289. The summed E-state index contributed by atoms with van der Waals surface area (Å²) in [7, 11) is 0. The van der Waals surface area contributed by atoms with Crippen molar-refractivity contribution in [2.45, 2.75) is 40.0 Å². The average molecular weight is 243 g/mol. The van der Waals surface area contributed by atoms with E-state index in [-0.39, 0.29) is 0 Å². The number of hydroxylamine groups is 2. The minimum absolute atomic E-state index is 0.640. The Hall–Kier alpha value is -1.10. The highest BCUT2D eigenvalue weighted by Gasteiger charge is 2.40. The van der Waals surface area contributed by atoms with Crippen LogP contribution in [-0.4, -0.2) is 35.2 Å². The highest BCUT2D eigenvalue weighted by molar-refractivity contribution is 5.94. The van der Waals surface area contributed by atoms with Gasteiger partial charge in [0.2, 0.25) is 0 Å². The zero-order valence-corrected chi connectivity index (χ0v) is 10.7. The van der Waals surface area contributed by atoms with E-state index in [4.69, 9.17) is 9.94 Å². The largest absolute Gasteiger partial charge is 0.481 e. The Labute approximate surface area is 102 Å².